The largest absolute Gasteiger partial charge is 0.492 e. The van der Waals surface area contributed by atoms with E-state index in [1.54, 1.807) is 0 Å². The van der Waals surface area contributed by atoms with Gasteiger partial charge in [-0.2, -0.15) is 0 Å². The van der Waals surface area contributed by atoms with Crippen molar-refractivity contribution in [1.29, 1.82) is 0 Å². The number of halogens is 2. The highest BCUT2D eigenvalue weighted by Crippen LogP contribution is 2.41. The van der Waals surface area contributed by atoms with Gasteiger partial charge in [-0.1, -0.05) is 65.6 Å². The molecule has 0 saturated carbocycles. The Labute approximate surface area is 139 Å². The Morgan fingerprint density at radius 3 is 2.62 bits per heavy atom. The molecule has 2 aromatic carbocycles. The summed E-state index contributed by atoms with van der Waals surface area (Å²) in [6, 6.07) is 14.6. The van der Waals surface area contributed by atoms with Crippen LogP contribution in [0.4, 0.5) is 0 Å². The Kier molecular flexibility index (Phi) is 4.02. The van der Waals surface area contributed by atoms with Crippen LogP contribution in [-0.4, -0.2) is 6.61 Å². The summed E-state index contributed by atoms with van der Waals surface area (Å²) in [5.74, 6) is 1.02. The summed E-state index contributed by atoms with van der Waals surface area (Å²) in [5.41, 5.74) is 3.97. The fourth-order valence-electron chi connectivity index (χ4n) is 2.68. The molecule has 1 aliphatic rings. The molecule has 110 valence electrons. The molecule has 1 heterocycles. The van der Waals surface area contributed by atoms with E-state index in [9.17, 15) is 0 Å². The predicted octanol–water partition coefficient (Wildman–Crippen LogP) is 5.69. The summed E-state index contributed by atoms with van der Waals surface area (Å²) in [5, 5.41) is 0.779. The summed E-state index contributed by atoms with van der Waals surface area (Å²) in [6.07, 6.45) is 0.942. The summed E-state index contributed by atoms with van der Waals surface area (Å²) in [4.78, 5) is 0.292. The van der Waals surface area contributed by atoms with Crippen LogP contribution in [-0.2, 0) is 11.8 Å². The number of alkyl halides is 1. The molecule has 1 unspecified atom stereocenters. The van der Waals surface area contributed by atoms with Crippen molar-refractivity contribution in [2.45, 2.75) is 30.5 Å². The maximum Gasteiger partial charge on any atom is 0.123 e. The molecule has 3 heteroatoms. The summed E-state index contributed by atoms with van der Waals surface area (Å²) in [7, 11) is 0. The third-order valence-electron chi connectivity index (χ3n) is 4.01. The molecule has 1 aliphatic heterocycles. The van der Waals surface area contributed by atoms with Gasteiger partial charge in [-0.05, 0) is 35.7 Å². The first kappa shape index (κ1) is 14.9. The number of rotatable bonds is 3. The van der Waals surface area contributed by atoms with Crippen LogP contribution < -0.4 is 4.74 Å². The second kappa shape index (κ2) is 5.66. The molecule has 3 rings (SSSR count). The van der Waals surface area contributed by atoms with Gasteiger partial charge in [-0.15, -0.1) is 0 Å². The lowest BCUT2D eigenvalue weighted by molar-refractivity contribution is 0.291. The summed E-state index contributed by atoms with van der Waals surface area (Å²) in [6.45, 7) is 5.21. The summed E-state index contributed by atoms with van der Waals surface area (Å²) < 4.78 is 5.75. The van der Waals surface area contributed by atoms with E-state index in [0.29, 0.717) is 4.83 Å². The minimum absolute atomic E-state index is 0.0956. The molecule has 0 bridgehead atoms. The molecular weight excluding hydrogens is 348 g/mol. The lowest BCUT2D eigenvalue weighted by Crippen LogP contribution is -2.18. The van der Waals surface area contributed by atoms with E-state index in [-0.39, 0.29) is 5.41 Å². The van der Waals surface area contributed by atoms with Crippen molar-refractivity contribution in [3.05, 3.63) is 64.2 Å². The normalized spacial score (nSPS) is 17.1. The zero-order valence-electron chi connectivity index (χ0n) is 12.2. The van der Waals surface area contributed by atoms with E-state index in [0.717, 1.165) is 23.8 Å². The molecule has 0 N–H and O–H groups in total. The fraction of sp³-hybridized carbons (Fsp3) is 0.333. The SMILES string of the molecule is CC1(C)COc2ccc(C(Br)Cc3ccc(Cl)cc3)cc21. The molecule has 0 aliphatic carbocycles. The van der Waals surface area contributed by atoms with E-state index in [1.165, 1.54) is 16.7 Å². The number of ether oxygens (including phenoxy) is 1. The quantitative estimate of drug-likeness (QED) is 0.635. The van der Waals surface area contributed by atoms with Crippen molar-refractivity contribution < 1.29 is 4.74 Å². The lowest BCUT2D eigenvalue weighted by Gasteiger charge is -2.17. The second-order valence-electron chi connectivity index (χ2n) is 6.23. The Balaban J connectivity index is 1.82. The number of hydrogen-bond donors (Lipinski definition) is 0. The topological polar surface area (TPSA) is 9.23 Å². The fourth-order valence-corrected chi connectivity index (χ4v) is 3.46. The minimum atomic E-state index is 0.0956. The van der Waals surface area contributed by atoms with Crippen molar-refractivity contribution in [3.63, 3.8) is 0 Å². The number of hydrogen-bond acceptors (Lipinski definition) is 1. The highest BCUT2D eigenvalue weighted by Gasteiger charge is 2.32. The molecule has 0 fully saturated rings. The van der Waals surface area contributed by atoms with E-state index >= 15 is 0 Å². The average Bonchev–Trinajstić information content (AvgIpc) is 2.77. The molecule has 1 nitrogen and oxygen atoms in total. The van der Waals surface area contributed by atoms with Crippen molar-refractivity contribution in [3.8, 4) is 5.75 Å². The Morgan fingerprint density at radius 1 is 1.19 bits per heavy atom. The number of fused-ring (bicyclic) bond motifs is 1. The molecule has 0 aromatic heterocycles. The van der Waals surface area contributed by atoms with Gasteiger partial charge >= 0.3 is 0 Å². The van der Waals surface area contributed by atoms with E-state index in [2.05, 4.69) is 60.1 Å². The first-order valence-corrected chi connectivity index (χ1v) is 8.41. The Morgan fingerprint density at radius 2 is 1.90 bits per heavy atom. The van der Waals surface area contributed by atoms with Crippen LogP contribution >= 0.6 is 27.5 Å². The van der Waals surface area contributed by atoms with Gasteiger partial charge in [-0.3, -0.25) is 0 Å². The molecule has 1 atom stereocenters. The maximum atomic E-state index is 5.93. The van der Waals surface area contributed by atoms with Crippen LogP contribution in [0.1, 0.15) is 35.4 Å². The van der Waals surface area contributed by atoms with Crippen LogP contribution in [0.25, 0.3) is 0 Å². The van der Waals surface area contributed by atoms with Gasteiger partial charge < -0.3 is 4.74 Å². The average molecular weight is 366 g/mol. The van der Waals surface area contributed by atoms with Gasteiger partial charge in [-0.25, -0.2) is 0 Å². The minimum Gasteiger partial charge on any atom is -0.492 e. The summed E-state index contributed by atoms with van der Waals surface area (Å²) >= 11 is 9.75. The van der Waals surface area contributed by atoms with Crippen molar-refractivity contribution in [1.82, 2.24) is 0 Å². The van der Waals surface area contributed by atoms with Crippen LogP contribution in [0.15, 0.2) is 42.5 Å². The third-order valence-corrected chi connectivity index (χ3v) is 5.12. The van der Waals surface area contributed by atoms with Crippen molar-refractivity contribution >= 4 is 27.5 Å². The third kappa shape index (κ3) is 3.12. The van der Waals surface area contributed by atoms with Crippen LogP contribution in [0.3, 0.4) is 0 Å². The van der Waals surface area contributed by atoms with E-state index < -0.39 is 0 Å². The van der Waals surface area contributed by atoms with Crippen molar-refractivity contribution in [2.24, 2.45) is 0 Å². The van der Waals surface area contributed by atoms with Gasteiger partial charge in [0.1, 0.15) is 5.75 Å². The van der Waals surface area contributed by atoms with Crippen LogP contribution in [0.2, 0.25) is 5.02 Å². The van der Waals surface area contributed by atoms with Crippen LogP contribution in [0.5, 0.6) is 5.75 Å². The number of benzene rings is 2. The van der Waals surface area contributed by atoms with Gasteiger partial charge in [0, 0.05) is 20.8 Å². The van der Waals surface area contributed by atoms with Gasteiger partial charge in [0.2, 0.25) is 0 Å². The molecule has 21 heavy (non-hydrogen) atoms. The standard InChI is InChI=1S/C18H18BrClO/c1-18(2)11-21-17-8-5-13(10-15(17)18)16(19)9-12-3-6-14(20)7-4-12/h3-8,10,16H,9,11H2,1-2H3. The lowest BCUT2D eigenvalue weighted by atomic mass is 9.85. The van der Waals surface area contributed by atoms with Gasteiger partial charge in [0.15, 0.2) is 0 Å². The highest BCUT2D eigenvalue weighted by atomic mass is 79.9. The predicted molar refractivity (Wildman–Crippen MR) is 91.8 cm³/mol. The molecular formula is C18H18BrClO. The smallest absolute Gasteiger partial charge is 0.123 e. The zero-order chi connectivity index (χ0) is 15.0. The second-order valence-corrected chi connectivity index (χ2v) is 7.77. The molecule has 0 radical (unpaired) electrons. The first-order chi connectivity index (χ1) is 9.95. The van der Waals surface area contributed by atoms with E-state index in [1.807, 2.05) is 12.1 Å². The molecule has 2 aromatic rings. The molecule has 0 saturated heterocycles. The first-order valence-electron chi connectivity index (χ1n) is 7.11. The molecule has 0 spiro atoms. The van der Waals surface area contributed by atoms with E-state index in [4.69, 9.17) is 16.3 Å². The van der Waals surface area contributed by atoms with Gasteiger partial charge in [0.05, 0.1) is 6.61 Å². The highest BCUT2D eigenvalue weighted by molar-refractivity contribution is 9.09. The zero-order valence-corrected chi connectivity index (χ0v) is 14.5. The Bertz CT molecular complexity index is 649. The molecule has 0 amide bonds. The Hall–Kier alpha value is -0.990. The van der Waals surface area contributed by atoms with Crippen LogP contribution in [0, 0.1) is 0 Å². The maximum absolute atomic E-state index is 5.93. The van der Waals surface area contributed by atoms with Crippen molar-refractivity contribution in [2.75, 3.05) is 6.61 Å². The monoisotopic (exact) mass is 364 g/mol. The van der Waals surface area contributed by atoms with Gasteiger partial charge in [0.25, 0.3) is 0 Å².